The fourth-order valence-electron chi connectivity index (χ4n) is 1.50. The number of benzene rings is 2. The van der Waals surface area contributed by atoms with Crippen LogP contribution in [0.1, 0.15) is 0 Å². The summed E-state index contributed by atoms with van der Waals surface area (Å²) >= 11 is 0.164. The van der Waals surface area contributed by atoms with Crippen molar-refractivity contribution in [1.29, 1.82) is 0 Å². The number of hydrogen-bond acceptors (Lipinski definition) is 2. The molecule has 1 heterocycles. The number of aromatic nitrogens is 3. The molecule has 16 heavy (non-hydrogen) atoms. The molecule has 0 saturated heterocycles. The van der Waals surface area contributed by atoms with Gasteiger partial charge in [0.25, 0.3) is 0 Å². The molecule has 0 atom stereocenters. The Morgan fingerprint density at radius 2 is 1.62 bits per heavy atom. The minimum atomic E-state index is 0.164. The van der Waals surface area contributed by atoms with Crippen LogP contribution in [-0.2, 0) is 0 Å². The van der Waals surface area contributed by atoms with Crippen LogP contribution in [-0.4, -0.2) is 29.2 Å². The van der Waals surface area contributed by atoms with Crippen LogP contribution in [0.25, 0.3) is 11.0 Å². The molecule has 0 spiro atoms. The first-order valence-electron chi connectivity index (χ1n) is 4.97. The summed E-state index contributed by atoms with van der Waals surface area (Å²) in [4.78, 5) is 0. The molecule has 3 nitrogen and oxygen atoms in total. The quantitative estimate of drug-likeness (QED) is 0.658. The van der Waals surface area contributed by atoms with Crippen molar-refractivity contribution >= 4 is 30.7 Å². The molecule has 0 aliphatic carbocycles. The van der Waals surface area contributed by atoms with Crippen LogP contribution in [0.5, 0.6) is 0 Å². The van der Waals surface area contributed by atoms with Crippen LogP contribution in [0.15, 0.2) is 54.6 Å². The Bertz CT molecular complexity index is 604. The zero-order valence-electron chi connectivity index (χ0n) is 8.45. The Labute approximate surface area is 99.5 Å². The first-order chi connectivity index (χ1) is 7.93. The van der Waals surface area contributed by atoms with E-state index < -0.39 is 0 Å². The molecular formula is C12H9N3Se. The third-order valence-electron chi connectivity index (χ3n) is 2.26. The van der Waals surface area contributed by atoms with E-state index >= 15 is 0 Å². The molecule has 78 valence electrons. The molecule has 2 aromatic carbocycles. The molecule has 3 aromatic rings. The van der Waals surface area contributed by atoms with E-state index in [0.29, 0.717) is 0 Å². The molecule has 0 aliphatic rings. The van der Waals surface area contributed by atoms with Gasteiger partial charge >= 0.3 is 99.3 Å². The van der Waals surface area contributed by atoms with Crippen LogP contribution < -0.4 is 4.46 Å². The van der Waals surface area contributed by atoms with E-state index in [-0.39, 0.29) is 15.2 Å². The molecule has 0 radical (unpaired) electrons. The summed E-state index contributed by atoms with van der Waals surface area (Å²) in [7, 11) is 0. The van der Waals surface area contributed by atoms with Gasteiger partial charge in [-0.25, -0.2) is 0 Å². The second-order valence-corrected chi connectivity index (χ2v) is 5.45. The third kappa shape index (κ3) is 1.73. The molecule has 0 unspecified atom stereocenters. The first-order valence-corrected chi connectivity index (χ1v) is 6.59. The van der Waals surface area contributed by atoms with Crippen LogP contribution >= 0.6 is 0 Å². The first kappa shape index (κ1) is 9.58. The van der Waals surface area contributed by atoms with E-state index in [9.17, 15) is 0 Å². The van der Waals surface area contributed by atoms with Crippen molar-refractivity contribution in [3.05, 3.63) is 54.6 Å². The van der Waals surface area contributed by atoms with Gasteiger partial charge in [-0.15, -0.1) is 0 Å². The second kappa shape index (κ2) is 4.08. The van der Waals surface area contributed by atoms with Gasteiger partial charge in [0.15, 0.2) is 0 Å². The summed E-state index contributed by atoms with van der Waals surface area (Å²) < 4.78 is 3.28. The summed E-state index contributed by atoms with van der Waals surface area (Å²) in [5.41, 5.74) is 2.06. The van der Waals surface area contributed by atoms with Gasteiger partial charge in [-0.05, 0) is 0 Å². The molecule has 0 saturated carbocycles. The minimum absolute atomic E-state index is 0.164. The van der Waals surface area contributed by atoms with Crippen molar-refractivity contribution in [2.24, 2.45) is 0 Å². The third-order valence-corrected chi connectivity index (χ3v) is 4.20. The Hall–Kier alpha value is -1.64. The van der Waals surface area contributed by atoms with E-state index in [0.717, 1.165) is 11.0 Å². The number of para-hydroxylation sites is 1. The van der Waals surface area contributed by atoms with E-state index in [4.69, 9.17) is 0 Å². The van der Waals surface area contributed by atoms with Crippen LogP contribution in [0.4, 0.5) is 0 Å². The van der Waals surface area contributed by atoms with Crippen molar-refractivity contribution in [3.63, 3.8) is 0 Å². The molecular weight excluding hydrogens is 265 g/mol. The zero-order chi connectivity index (χ0) is 10.8. The Balaban J connectivity index is 2.01. The molecule has 1 aromatic heterocycles. The van der Waals surface area contributed by atoms with Crippen LogP contribution in [0, 0.1) is 0 Å². The zero-order valence-corrected chi connectivity index (χ0v) is 10.2. The molecule has 0 amide bonds. The van der Waals surface area contributed by atoms with Gasteiger partial charge < -0.3 is 0 Å². The van der Waals surface area contributed by atoms with Crippen molar-refractivity contribution in [2.45, 2.75) is 0 Å². The Kier molecular flexibility index (Phi) is 2.44. The van der Waals surface area contributed by atoms with Crippen LogP contribution in [0.2, 0.25) is 0 Å². The van der Waals surface area contributed by atoms with Crippen molar-refractivity contribution < 1.29 is 0 Å². The standard InChI is InChI=1S/C12H9N3Se/c1-2-6-10(7-3-1)16-15-12-9-5-4-8-11(12)13-14-15/h1-9H. The van der Waals surface area contributed by atoms with Gasteiger partial charge in [-0.1, -0.05) is 0 Å². The molecule has 0 N–H and O–H groups in total. The topological polar surface area (TPSA) is 30.7 Å². The average Bonchev–Trinajstić information content (AvgIpc) is 2.74. The molecule has 0 fully saturated rings. The number of nitrogens with zero attached hydrogens (tertiary/aromatic N) is 3. The maximum absolute atomic E-state index is 4.19. The SMILES string of the molecule is c1ccc([Se]n2nnc3ccccc32)cc1. The van der Waals surface area contributed by atoms with E-state index in [1.165, 1.54) is 4.46 Å². The number of fused-ring (bicyclic) bond motifs is 1. The molecule has 3 rings (SSSR count). The van der Waals surface area contributed by atoms with Gasteiger partial charge in [0.1, 0.15) is 0 Å². The number of rotatable bonds is 2. The summed E-state index contributed by atoms with van der Waals surface area (Å²) in [5.74, 6) is 0. The summed E-state index contributed by atoms with van der Waals surface area (Å²) in [5, 5.41) is 8.33. The molecule has 4 heteroatoms. The van der Waals surface area contributed by atoms with Gasteiger partial charge in [0, 0.05) is 0 Å². The fraction of sp³-hybridized carbons (Fsp3) is 0. The Morgan fingerprint density at radius 3 is 2.50 bits per heavy atom. The van der Waals surface area contributed by atoms with Crippen molar-refractivity contribution in [2.75, 3.05) is 0 Å². The number of hydrogen-bond donors (Lipinski definition) is 0. The normalized spacial score (nSPS) is 10.8. The summed E-state index contributed by atoms with van der Waals surface area (Å²) in [6.45, 7) is 0. The fourth-order valence-corrected chi connectivity index (χ4v) is 3.18. The van der Waals surface area contributed by atoms with Crippen molar-refractivity contribution in [3.8, 4) is 0 Å². The van der Waals surface area contributed by atoms with Crippen molar-refractivity contribution in [1.82, 2.24) is 14.0 Å². The monoisotopic (exact) mass is 275 g/mol. The summed E-state index contributed by atoms with van der Waals surface area (Å²) in [6, 6.07) is 18.4. The van der Waals surface area contributed by atoms with Gasteiger partial charge in [-0.2, -0.15) is 0 Å². The van der Waals surface area contributed by atoms with Gasteiger partial charge in [0.05, 0.1) is 0 Å². The van der Waals surface area contributed by atoms with E-state index in [1.807, 2.05) is 28.0 Å². The molecule has 0 aliphatic heterocycles. The predicted molar refractivity (Wildman–Crippen MR) is 64.8 cm³/mol. The van der Waals surface area contributed by atoms with Gasteiger partial charge in [-0.3, -0.25) is 0 Å². The predicted octanol–water partition coefficient (Wildman–Crippen LogP) is 1.22. The maximum atomic E-state index is 4.19. The summed E-state index contributed by atoms with van der Waals surface area (Å²) in [6.07, 6.45) is 0. The van der Waals surface area contributed by atoms with Gasteiger partial charge in [0.2, 0.25) is 0 Å². The van der Waals surface area contributed by atoms with Crippen LogP contribution in [0.3, 0.4) is 0 Å². The second-order valence-electron chi connectivity index (χ2n) is 3.36. The molecule has 0 bridgehead atoms. The average molecular weight is 274 g/mol. The van der Waals surface area contributed by atoms with E-state index in [2.05, 4.69) is 40.6 Å². The Morgan fingerprint density at radius 1 is 0.875 bits per heavy atom. The van der Waals surface area contributed by atoms with E-state index in [1.54, 1.807) is 0 Å².